The van der Waals surface area contributed by atoms with Gasteiger partial charge in [-0.1, -0.05) is 17.0 Å². The van der Waals surface area contributed by atoms with Gasteiger partial charge >= 0.3 is 29.8 Å². The van der Waals surface area contributed by atoms with Crippen molar-refractivity contribution >= 4 is 209 Å². The van der Waals surface area contributed by atoms with Crippen LogP contribution in [0.2, 0.25) is 32.2 Å². The molecular formula is C60H94N18O19S7Si2. The van der Waals surface area contributed by atoms with Gasteiger partial charge in [0.2, 0.25) is 23.7 Å². The van der Waals surface area contributed by atoms with Gasteiger partial charge in [0, 0.05) is 92.9 Å². The number of aliphatic imine (C=N–C) groups is 1. The molecule has 0 fully saturated rings. The highest BCUT2D eigenvalue weighted by Crippen LogP contribution is 2.26. The number of carbonyl (C=O) groups excluding carboxylic acids is 7. The summed E-state index contributed by atoms with van der Waals surface area (Å²) < 4.78 is 8.05. The molecule has 4 aromatic heterocycles. The van der Waals surface area contributed by atoms with E-state index < -0.39 is 181 Å². The molecule has 0 spiro atoms. The van der Waals surface area contributed by atoms with E-state index in [-0.39, 0.29) is 154 Å². The predicted octanol–water partition coefficient (Wildman–Crippen LogP) is 1.06. The van der Waals surface area contributed by atoms with Crippen LogP contribution in [0, 0.1) is 17.8 Å². The molecule has 6 atom stereocenters. The highest BCUT2D eigenvalue weighted by Gasteiger charge is 2.37. The topological polar surface area (TPSA) is 594 Å². The van der Waals surface area contributed by atoms with Gasteiger partial charge in [0.1, 0.15) is 11.8 Å². The first-order chi connectivity index (χ1) is 47.0. The number of carboxylic acid groups (broad SMARTS) is 5. The summed E-state index contributed by atoms with van der Waals surface area (Å²) in [4.78, 5) is 195. The van der Waals surface area contributed by atoms with Crippen molar-refractivity contribution in [3.8, 4) is 0 Å². The van der Waals surface area contributed by atoms with Gasteiger partial charge in [-0.25, -0.2) is 29.4 Å². The van der Waals surface area contributed by atoms with Crippen LogP contribution in [0.25, 0.3) is 11.2 Å². The van der Waals surface area contributed by atoms with Crippen molar-refractivity contribution in [2.75, 3.05) is 29.5 Å². The predicted molar refractivity (Wildman–Crippen MR) is 424 cm³/mol. The summed E-state index contributed by atoms with van der Waals surface area (Å²) in [6.07, 6.45) is -1.05. The number of hydrogen-bond donors (Lipinski definition) is 14. The molecule has 0 aliphatic heterocycles. The number of guanidine groups is 1. The number of thioether (sulfide) groups is 1. The third-order valence-electron chi connectivity index (χ3n) is 15.0. The molecule has 37 nitrogen and oxygen atoms in total. The summed E-state index contributed by atoms with van der Waals surface area (Å²) in [5.41, 5.74) is 17.4. The average molecular weight is 1650 g/mol. The molecule has 5 aromatic rings. The molecule has 5 rings (SSSR count). The molecular weight excluding hydrogens is 1560 g/mol. The molecule has 0 aliphatic rings. The zero-order valence-corrected chi connectivity index (χ0v) is 67.2. The normalized spacial score (nSPS) is 12.5. The zero-order valence-electron chi connectivity index (χ0n) is 58.4. The quantitative estimate of drug-likeness (QED) is 0.00647. The van der Waals surface area contributed by atoms with E-state index in [2.05, 4.69) is 98.0 Å². The Kier molecular flexibility index (Phi) is 45.2. The van der Waals surface area contributed by atoms with E-state index in [1.807, 2.05) is 0 Å². The Labute approximate surface area is 656 Å². The van der Waals surface area contributed by atoms with Crippen LogP contribution in [0.4, 0.5) is 11.6 Å². The molecule has 0 saturated heterocycles. The maximum absolute atomic E-state index is 14.2. The first-order valence-corrected chi connectivity index (χ1v) is 38.5. The number of aliphatic carboxylic acids is 5. The van der Waals surface area contributed by atoms with E-state index in [1.165, 1.54) is 60.0 Å². The lowest BCUT2D eigenvalue weighted by Gasteiger charge is -2.33. The van der Waals surface area contributed by atoms with Gasteiger partial charge in [-0.2, -0.15) is 86.0 Å². The first-order valence-electron chi connectivity index (χ1n) is 31.3. The molecule has 46 heteroatoms. The van der Waals surface area contributed by atoms with Crippen LogP contribution in [0.15, 0.2) is 64.0 Å². The summed E-state index contributed by atoms with van der Waals surface area (Å²) in [7, 11) is -4.17. The van der Waals surface area contributed by atoms with Gasteiger partial charge in [-0.3, -0.25) is 67.5 Å². The number of benzene rings is 1. The van der Waals surface area contributed by atoms with Crippen LogP contribution in [0.1, 0.15) is 105 Å². The van der Waals surface area contributed by atoms with Gasteiger partial charge in [0.15, 0.2) is 50.5 Å². The van der Waals surface area contributed by atoms with E-state index in [0.717, 1.165) is 12.5 Å². The van der Waals surface area contributed by atoms with Crippen molar-refractivity contribution in [1.82, 2.24) is 66.2 Å². The van der Waals surface area contributed by atoms with Crippen molar-refractivity contribution in [2.24, 2.45) is 34.2 Å². The Bertz CT molecular complexity index is 3900. The molecule has 1 aromatic carbocycles. The van der Waals surface area contributed by atoms with Gasteiger partial charge in [0.05, 0.1) is 79.8 Å². The van der Waals surface area contributed by atoms with Crippen LogP contribution in [0.5, 0.6) is 0 Å². The lowest BCUT2D eigenvalue weighted by Crippen LogP contribution is -2.48. The molecule has 0 bridgehead atoms. The lowest BCUT2D eigenvalue weighted by atomic mass is 9.90. The minimum Gasteiger partial charge on any atom is -0.481 e. The number of anilines is 2. The van der Waals surface area contributed by atoms with E-state index in [4.69, 9.17) is 21.3 Å². The highest BCUT2D eigenvalue weighted by molar-refractivity contribution is 8.00. The fraction of sp³-hybridized carbons (Fsp3) is 0.483. The third-order valence-corrected chi connectivity index (χ3v) is 24.8. The highest BCUT2D eigenvalue weighted by atomic mass is 32.2. The number of nitrogens with zero attached hydrogens (tertiary/aromatic N) is 9. The van der Waals surface area contributed by atoms with Gasteiger partial charge in [0.25, 0.3) is 11.5 Å². The third kappa shape index (κ3) is 35.8. The van der Waals surface area contributed by atoms with Crippen molar-refractivity contribution in [3.05, 3.63) is 81.9 Å². The molecule has 4 heterocycles. The SMILES string of the molecule is CC(=O)NCCC[Si](C)(C)O[Si](C)(C)CSc1ncc(Cn2cc(C[C@H](CC(=O)[C@H](CC(=O)O)NC(=O)[C@H](CC(=O)O)CC(=O)[C@H](CCCN=C(N)N)NC(=O)[C@H](CC(=O)O)CC(=O)CC[C@H](NC(=O)c3ccc(NCc4cnc5nc(N)[nH]c(=O)c5n4)cc3)C(=O)O)C(=O)O)nn2)cn1.S.S.S.S.S.S. The smallest absolute Gasteiger partial charge is 0.326 e. The number of ketones is 3. The Hall–Kier alpha value is -8.39. The van der Waals surface area contributed by atoms with E-state index >= 15 is 0 Å². The summed E-state index contributed by atoms with van der Waals surface area (Å²) in [6, 6.07) is 1.31. The van der Waals surface area contributed by atoms with Crippen molar-refractivity contribution < 1.29 is 87.2 Å². The number of nitrogens with one attached hydrogen (secondary N) is 6. The summed E-state index contributed by atoms with van der Waals surface area (Å²) in [6.45, 7) is 10.7. The molecule has 588 valence electrons. The maximum Gasteiger partial charge on any atom is 0.326 e. The number of aromatic nitrogens is 9. The number of rotatable bonds is 45. The molecule has 0 aliphatic carbocycles. The van der Waals surface area contributed by atoms with Crippen LogP contribution in [-0.4, -0.2) is 200 Å². The maximum atomic E-state index is 14.2. The number of carboxylic acids is 5. The summed E-state index contributed by atoms with van der Waals surface area (Å²) in [5.74, 6) is -20.0. The average Bonchev–Trinajstić information content (AvgIpc) is 0.941. The standard InChI is InChI=1S/C60H82N18O19SSi2.6H2S/c1-32(79)64-16-7-17-99(2,3)97-100(4,5)31-98-60-68-25-33(26-69-60)29-78-30-39(76-77-78)18-37(56(93)94)21-46(82)44(24-49(87)88)73-54(91)36(23-48(85)86)20-45(81)42(8-6-15-65-58(61)62)71-53(90)35(22-47(83)84)19-41(80)13-14-43(57(95)96)72-52(89)34-9-11-38(12-10-34)66-27-40-28-67-51-50(70-40)55(92)75-59(63)74-51;;;;;;/h9-12,25-26,28,30,35-37,42-44,66H,6-8,13-24,27,29,31H2,1-5H3,(H,64,79)(H,71,90)(H,72,89)(H,73,91)(H,83,84)(H,85,86)(H,87,88)(H,93,94)(H,95,96)(H4,61,62,65)(H3,63,67,74,75,92);6*1H2/t35-,36-,37+,42-,43-,44-;;;;;;/m0....../s1. The fourth-order valence-electron chi connectivity index (χ4n) is 10.2. The molecule has 17 N–H and O–H groups in total. The number of nitrogen functional groups attached to an aromatic ring is 1. The van der Waals surface area contributed by atoms with Crippen LogP contribution in [-0.2, 0) is 76.4 Å². The molecule has 0 saturated carbocycles. The fourth-order valence-corrected chi connectivity index (χ4v) is 20.6. The Morgan fingerprint density at radius 3 is 1.83 bits per heavy atom. The minimum absolute atomic E-state index is 0. The second kappa shape index (κ2) is 48.0. The number of carbonyl (C=O) groups is 12. The number of fused-ring (bicyclic) bond motifs is 1. The van der Waals surface area contributed by atoms with Crippen LogP contribution in [0.3, 0.4) is 0 Å². The lowest BCUT2D eigenvalue weighted by molar-refractivity contribution is -0.146. The second-order valence-corrected chi connectivity index (χ2v) is 34.8. The number of nitrogens with two attached hydrogens (primary N) is 3. The Morgan fingerprint density at radius 1 is 0.670 bits per heavy atom. The van der Waals surface area contributed by atoms with Crippen LogP contribution < -0.4 is 49.3 Å². The largest absolute Gasteiger partial charge is 0.481 e. The summed E-state index contributed by atoms with van der Waals surface area (Å²) in [5, 5.41) is 71.7. The Morgan fingerprint density at radius 2 is 1.25 bits per heavy atom. The number of amides is 4. The first kappa shape index (κ1) is 99.7. The second-order valence-electron chi connectivity index (χ2n) is 24.7. The zero-order chi connectivity index (χ0) is 74.0. The minimum atomic E-state index is -2.15. The number of H-pyrrole nitrogens is 1. The number of aromatic amines is 1. The van der Waals surface area contributed by atoms with Crippen molar-refractivity contribution in [3.63, 3.8) is 0 Å². The molecule has 106 heavy (non-hydrogen) atoms. The Balaban J connectivity index is 0. The van der Waals surface area contributed by atoms with Crippen molar-refractivity contribution in [2.45, 2.75) is 153 Å². The summed E-state index contributed by atoms with van der Waals surface area (Å²) >= 11 is 1.46. The van der Waals surface area contributed by atoms with Gasteiger partial charge in [-0.15, -0.1) is 5.10 Å². The monoisotopic (exact) mass is 1650 g/mol. The van der Waals surface area contributed by atoms with Gasteiger partial charge < -0.3 is 73.4 Å². The van der Waals surface area contributed by atoms with Crippen LogP contribution >= 0.6 is 92.7 Å². The van der Waals surface area contributed by atoms with E-state index in [0.29, 0.717) is 34.0 Å². The molecule has 4 amide bonds. The van der Waals surface area contributed by atoms with E-state index in [1.54, 1.807) is 12.4 Å². The molecule has 0 radical (unpaired) electrons. The number of Topliss-reactive ketones (excluding diaryl/α,β-unsaturated/α-hetero) is 3. The molecule has 0 unspecified atom stereocenters. The van der Waals surface area contributed by atoms with Gasteiger partial charge in [-0.05, 0) is 82.2 Å². The van der Waals surface area contributed by atoms with Crippen molar-refractivity contribution in [1.29, 1.82) is 0 Å². The number of hydrogen-bond acceptors (Lipinski definition) is 25. The van der Waals surface area contributed by atoms with E-state index in [9.17, 15) is 87.9 Å².